The van der Waals surface area contributed by atoms with Crippen molar-refractivity contribution in [2.75, 3.05) is 20.1 Å². The Bertz CT molecular complexity index is 524. The molecule has 1 fully saturated rings. The summed E-state index contributed by atoms with van der Waals surface area (Å²) in [4.78, 5) is 13.3. The largest absolute Gasteiger partial charge is 0.368 e. The molecule has 2 rings (SSSR count). The van der Waals surface area contributed by atoms with Gasteiger partial charge in [-0.15, -0.1) is 0 Å². The van der Waals surface area contributed by atoms with Crippen LogP contribution in [0.15, 0.2) is 18.2 Å². The van der Waals surface area contributed by atoms with Crippen LogP contribution in [-0.2, 0) is 16.6 Å². The molecule has 1 atom stereocenters. The number of nitrogens with zero attached hydrogens (tertiary/aromatic N) is 1. The zero-order chi connectivity index (χ0) is 15.6. The quantitative estimate of drug-likeness (QED) is 0.875. The summed E-state index contributed by atoms with van der Waals surface area (Å²) in [6.45, 7) is 4.22. The summed E-state index contributed by atoms with van der Waals surface area (Å²) in [6.07, 6.45) is 2.17. The van der Waals surface area contributed by atoms with Gasteiger partial charge in [-0.1, -0.05) is 19.1 Å². The van der Waals surface area contributed by atoms with Gasteiger partial charge in [0.1, 0.15) is 5.82 Å². The van der Waals surface area contributed by atoms with E-state index in [1.54, 1.807) is 12.1 Å². The number of likely N-dealkylation sites (tertiary alicyclic amines) is 1. The topological polar surface area (TPSA) is 72.3 Å². The lowest BCUT2D eigenvalue weighted by atomic mass is 9.74. The third-order valence-electron chi connectivity index (χ3n) is 4.65. The van der Waals surface area contributed by atoms with Gasteiger partial charge < -0.3 is 16.4 Å². The second kappa shape index (κ2) is 6.12. The molecule has 4 nitrogen and oxygen atoms in total. The van der Waals surface area contributed by atoms with Crippen LogP contribution in [0.2, 0.25) is 0 Å². The first-order valence-electron chi connectivity index (χ1n) is 7.34. The number of benzene rings is 1. The lowest BCUT2D eigenvalue weighted by molar-refractivity contribution is -0.119. The highest BCUT2D eigenvalue weighted by Gasteiger charge is 2.31. The fourth-order valence-electron chi connectivity index (χ4n) is 2.83. The van der Waals surface area contributed by atoms with Gasteiger partial charge in [0, 0.05) is 0 Å². The number of hydrogen-bond donors (Lipinski definition) is 2. The second-order valence-electron chi connectivity index (χ2n) is 6.38. The van der Waals surface area contributed by atoms with E-state index in [0.717, 1.165) is 31.5 Å². The van der Waals surface area contributed by atoms with E-state index in [-0.39, 0.29) is 17.7 Å². The van der Waals surface area contributed by atoms with Crippen molar-refractivity contribution in [3.05, 3.63) is 35.1 Å². The molecule has 0 radical (unpaired) electrons. The van der Waals surface area contributed by atoms with E-state index in [1.807, 2.05) is 6.07 Å². The summed E-state index contributed by atoms with van der Waals surface area (Å²) >= 11 is 0. The summed E-state index contributed by atoms with van der Waals surface area (Å²) in [6, 6.07) is 4.44. The molecule has 1 heterocycles. The van der Waals surface area contributed by atoms with Crippen LogP contribution in [0.5, 0.6) is 0 Å². The number of primary amides is 1. The first kappa shape index (κ1) is 15.9. The molecule has 4 N–H and O–H groups in total. The molecule has 5 heteroatoms. The number of nitrogens with two attached hydrogens (primary N) is 2. The van der Waals surface area contributed by atoms with Gasteiger partial charge >= 0.3 is 0 Å². The Kier molecular flexibility index (Phi) is 4.64. The predicted octanol–water partition coefficient (Wildman–Crippen LogP) is 1.16. The van der Waals surface area contributed by atoms with Crippen molar-refractivity contribution in [1.29, 1.82) is 0 Å². The van der Waals surface area contributed by atoms with Crippen molar-refractivity contribution in [2.45, 2.75) is 37.6 Å². The maximum Gasteiger partial charge on any atom is 0.234 e. The summed E-state index contributed by atoms with van der Waals surface area (Å²) in [5.41, 5.74) is 12.2. The Labute approximate surface area is 125 Å². The first-order chi connectivity index (χ1) is 9.82. The van der Waals surface area contributed by atoms with Gasteiger partial charge in [-0.3, -0.25) is 4.79 Å². The van der Waals surface area contributed by atoms with Gasteiger partial charge in [-0.2, -0.15) is 0 Å². The zero-order valence-corrected chi connectivity index (χ0v) is 12.7. The molecule has 1 aliphatic heterocycles. The van der Waals surface area contributed by atoms with E-state index in [9.17, 15) is 9.18 Å². The van der Waals surface area contributed by atoms with E-state index in [2.05, 4.69) is 18.9 Å². The summed E-state index contributed by atoms with van der Waals surface area (Å²) in [5.74, 6) is -0.912. The minimum Gasteiger partial charge on any atom is -0.368 e. The average Bonchev–Trinajstić information content (AvgIpc) is 2.44. The van der Waals surface area contributed by atoms with Gasteiger partial charge in [0.05, 0.1) is 6.04 Å². The average molecular weight is 293 g/mol. The maximum absolute atomic E-state index is 14.3. The number of halogens is 1. The number of piperidine rings is 1. The summed E-state index contributed by atoms with van der Waals surface area (Å²) in [5, 5.41) is 0. The predicted molar refractivity (Wildman–Crippen MR) is 81.4 cm³/mol. The van der Waals surface area contributed by atoms with Gasteiger partial charge in [-0.05, 0) is 62.0 Å². The summed E-state index contributed by atoms with van der Waals surface area (Å²) < 4.78 is 14.3. The SMILES string of the molecule is CN1CCC(C)(c2ccc(C[C@@H](N)C(N)=O)c(F)c2)CC1. The van der Waals surface area contributed by atoms with Gasteiger partial charge in [-0.25, -0.2) is 4.39 Å². The second-order valence-corrected chi connectivity index (χ2v) is 6.38. The van der Waals surface area contributed by atoms with E-state index >= 15 is 0 Å². The van der Waals surface area contributed by atoms with E-state index in [4.69, 9.17) is 11.5 Å². The van der Waals surface area contributed by atoms with Crippen LogP contribution in [-0.4, -0.2) is 37.0 Å². The minimum atomic E-state index is -0.843. The number of amides is 1. The molecule has 0 spiro atoms. The van der Waals surface area contributed by atoms with Crippen LogP contribution >= 0.6 is 0 Å². The van der Waals surface area contributed by atoms with Crippen LogP contribution < -0.4 is 11.5 Å². The fraction of sp³-hybridized carbons (Fsp3) is 0.562. The third kappa shape index (κ3) is 3.60. The Hall–Kier alpha value is -1.46. The van der Waals surface area contributed by atoms with E-state index in [0.29, 0.717) is 5.56 Å². The van der Waals surface area contributed by atoms with Crippen molar-refractivity contribution >= 4 is 5.91 Å². The molecular weight excluding hydrogens is 269 g/mol. The van der Waals surface area contributed by atoms with Gasteiger partial charge in [0.15, 0.2) is 0 Å². The highest BCUT2D eigenvalue weighted by molar-refractivity contribution is 5.79. The molecule has 1 saturated heterocycles. The molecule has 1 aliphatic rings. The normalized spacial score (nSPS) is 20.2. The standard InChI is InChI=1S/C16H24FN3O/c1-16(5-7-20(2)8-6-16)12-4-3-11(13(17)10-12)9-14(18)15(19)21/h3-4,10,14H,5-9,18H2,1-2H3,(H2,19,21)/t14-/m1/s1. The van der Waals surface area contributed by atoms with Crippen molar-refractivity contribution in [3.63, 3.8) is 0 Å². The Morgan fingerprint density at radius 3 is 2.57 bits per heavy atom. The minimum absolute atomic E-state index is 0.0116. The maximum atomic E-state index is 14.3. The van der Waals surface area contributed by atoms with Crippen molar-refractivity contribution < 1.29 is 9.18 Å². The lowest BCUT2D eigenvalue weighted by Crippen LogP contribution is -2.39. The Morgan fingerprint density at radius 1 is 1.43 bits per heavy atom. The molecular formula is C16H24FN3O. The van der Waals surface area contributed by atoms with Crippen molar-refractivity contribution in [1.82, 2.24) is 4.90 Å². The van der Waals surface area contributed by atoms with Crippen LogP contribution in [0.25, 0.3) is 0 Å². The van der Waals surface area contributed by atoms with E-state index in [1.165, 1.54) is 0 Å². The van der Waals surface area contributed by atoms with E-state index < -0.39 is 11.9 Å². The molecule has 1 aromatic rings. The number of carbonyl (C=O) groups is 1. The molecule has 0 bridgehead atoms. The number of hydrogen-bond acceptors (Lipinski definition) is 3. The van der Waals surface area contributed by atoms with Crippen LogP contribution in [0, 0.1) is 5.82 Å². The van der Waals surface area contributed by atoms with Crippen LogP contribution in [0.4, 0.5) is 4.39 Å². The monoisotopic (exact) mass is 293 g/mol. The Balaban J connectivity index is 2.17. The molecule has 1 amide bonds. The number of rotatable bonds is 4. The van der Waals surface area contributed by atoms with Crippen LogP contribution in [0.3, 0.4) is 0 Å². The molecule has 21 heavy (non-hydrogen) atoms. The highest BCUT2D eigenvalue weighted by Crippen LogP contribution is 2.35. The van der Waals surface area contributed by atoms with Gasteiger partial charge in [0.25, 0.3) is 0 Å². The van der Waals surface area contributed by atoms with Crippen molar-refractivity contribution in [2.24, 2.45) is 11.5 Å². The molecule has 0 unspecified atom stereocenters. The van der Waals surface area contributed by atoms with Gasteiger partial charge in [0.2, 0.25) is 5.91 Å². The smallest absolute Gasteiger partial charge is 0.234 e. The van der Waals surface area contributed by atoms with Crippen molar-refractivity contribution in [3.8, 4) is 0 Å². The highest BCUT2D eigenvalue weighted by atomic mass is 19.1. The fourth-order valence-corrected chi connectivity index (χ4v) is 2.83. The zero-order valence-electron chi connectivity index (χ0n) is 12.7. The molecule has 116 valence electrons. The van der Waals surface area contributed by atoms with Crippen LogP contribution in [0.1, 0.15) is 30.9 Å². The Morgan fingerprint density at radius 2 is 2.05 bits per heavy atom. The number of carbonyl (C=O) groups excluding carboxylic acids is 1. The molecule has 0 saturated carbocycles. The molecule has 0 aromatic heterocycles. The summed E-state index contributed by atoms with van der Waals surface area (Å²) in [7, 11) is 2.11. The third-order valence-corrected chi connectivity index (χ3v) is 4.65. The first-order valence-corrected chi connectivity index (χ1v) is 7.34. The molecule has 0 aliphatic carbocycles. The lowest BCUT2D eigenvalue weighted by Gasteiger charge is -2.38. The molecule has 1 aromatic carbocycles.